The Morgan fingerprint density at radius 1 is 1.00 bits per heavy atom. The summed E-state index contributed by atoms with van der Waals surface area (Å²) in [6, 6.07) is 8.68. The summed E-state index contributed by atoms with van der Waals surface area (Å²) in [4.78, 5) is 28.7. The minimum atomic E-state index is -0.377. The number of benzene rings is 1. The van der Waals surface area contributed by atoms with Crippen molar-refractivity contribution in [2.75, 3.05) is 26.2 Å². The normalized spacial score (nSPS) is 24.8. The predicted octanol–water partition coefficient (Wildman–Crippen LogP) is 1.74. The first-order chi connectivity index (χ1) is 13.6. The smallest absolute Gasteiger partial charge is 0.248 e. The zero-order chi connectivity index (χ0) is 19.5. The van der Waals surface area contributed by atoms with Crippen LogP contribution in [0, 0.1) is 5.92 Å². The van der Waals surface area contributed by atoms with E-state index in [0.717, 1.165) is 71.2 Å². The summed E-state index contributed by atoms with van der Waals surface area (Å²) in [7, 11) is 0. The second kappa shape index (κ2) is 8.62. The Morgan fingerprint density at radius 3 is 2.36 bits per heavy atom. The number of carbonyl (C=O) groups excluding carboxylic acids is 2. The van der Waals surface area contributed by atoms with Crippen LogP contribution in [0.4, 0.5) is 0 Å². The number of rotatable bonds is 6. The summed E-state index contributed by atoms with van der Waals surface area (Å²) in [5.41, 5.74) is 7.09. The van der Waals surface area contributed by atoms with Gasteiger partial charge in [0, 0.05) is 30.7 Å². The van der Waals surface area contributed by atoms with E-state index >= 15 is 0 Å². The molecule has 6 nitrogen and oxygen atoms in total. The van der Waals surface area contributed by atoms with E-state index in [9.17, 15) is 9.59 Å². The molecular formula is C22H32N4O2. The summed E-state index contributed by atoms with van der Waals surface area (Å²) >= 11 is 0. The van der Waals surface area contributed by atoms with Gasteiger partial charge in [-0.05, 0) is 75.9 Å². The van der Waals surface area contributed by atoms with Gasteiger partial charge in [-0.15, -0.1) is 0 Å². The Labute approximate surface area is 167 Å². The molecule has 2 heterocycles. The number of carbonyl (C=O) groups is 2. The minimum absolute atomic E-state index is 0.177. The number of nitrogens with one attached hydrogen (secondary N) is 1. The quantitative estimate of drug-likeness (QED) is 0.783. The fraction of sp³-hybridized carbons (Fsp3) is 0.636. The van der Waals surface area contributed by atoms with Crippen LogP contribution in [0.15, 0.2) is 24.3 Å². The number of piperidine rings is 2. The number of nitrogens with zero attached hydrogens (tertiary/aromatic N) is 2. The molecule has 1 saturated carbocycles. The molecule has 3 N–H and O–H groups in total. The number of hydrogen-bond acceptors (Lipinski definition) is 4. The van der Waals surface area contributed by atoms with Crippen molar-refractivity contribution in [3.8, 4) is 0 Å². The van der Waals surface area contributed by atoms with E-state index in [4.69, 9.17) is 5.73 Å². The van der Waals surface area contributed by atoms with Gasteiger partial charge in [-0.1, -0.05) is 12.1 Å². The molecule has 4 rings (SSSR count). The molecule has 0 bridgehead atoms. The molecule has 0 aromatic heterocycles. The summed E-state index contributed by atoms with van der Waals surface area (Å²) in [5.74, 6) is 0.0817. The number of primary amides is 1. The van der Waals surface area contributed by atoms with E-state index in [-0.39, 0.29) is 17.7 Å². The lowest BCUT2D eigenvalue weighted by Crippen LogP contribution is -2.50. The largest absolute Gasteiger partial charge is 0.366 e. The molecule has 0 spiro atoms. The average Bonchev–Trinajstić information content (AvgIpc) is 3.53. The summed E-state index contributed by atoms with van der Waals surface area (Å²) in [5, 5.41) is 3.19. The first-order valence-corrected chi connectivity index (χ1v) is 10.7. The van der Waals surface area contributed by atoms with Gasteiger partial charge in [-0.3, -0.25) is 19.4 Å². The van der Waals surface area contributed by atoms with Crippen molar-refractivity contribution in [1.82, 2.24) is 15.1 Å². The fourth-order valence-electron chi connectivity index (χ4n) is 4.57. The molecule has 6 heteroatoms. The molecule has 0 unspecified atom stereocenters. The van der Waals surface area contributed by atoms with Crippen molar-refractivity contribution in [3.05, 3.63) is 35.4 Å². The highest BCUT2D eigenvalue weighted by Crippen LogP contribution is 2.26. The van der Waals surface area contributed by atoms with E-state index in [1.165, 1.54) is 5.56 Å². The number of hydrogen-bond donors (Lipinski definition) is 2. The van der Waals surface area contributed by atoms with Gasteiger partial charge in [0.25, 0.3) is 0 Å². The maximum absolute atomic E-state index is 12.4. The molecule has 1 aliphatic carbocycles. The topological polar surface area (TPSA) is 78.7 Å². The Bertz CT molecular complexity index is 693. The van der Waals surface area contributed by atoms with Crippen molar-refractivity contribution in [2.24, 2.45) is 11.7 Å². The van der Waals surface area contributed by atoms with E-state index in [2.05, 4.69) is 15.1 Å². The fourth-order valence-corrected chi connectivity index (χ4v) is 4.57. The number of amides is 2. The molecule has 1 aromatic carbocycles. The zero-order valence-electron chi connectivity index (χ0n) is 16.6. The molecule has 3 aliphatic rings. The van der Waals surface area contributed by atoms with E-state index in [0.29, 0.717) is 17.6 Å². The van der Waals surface area contributed by atoms with Crippen LogP contribution in [0.25, 0.3) is 0 Å². The third-order valence-corrected chi connectivity index (χ3v) is 6.47. The molecule has 28 heavy (non-hydrogen) atoms. The highest BCUT2D eigenvalue weighted by molar-refractivity contribution is 5.92. The lowest BCUT2D eigenvalue weighted by atomic mass is 9.93. The van der Waals surface area contributed by atoms with Gasteiger partial charge in [0.15, 0.2) is 0 Å². The first-order valence-electron chi connectivity index (χ1n) is 10.7. The summed E-state index contributed by atoms with van der Waals surface area (Å²) in [6.07, 6.45) is 6.81. The average molecular weight is 385 g/mol. The van der Waals surface area contributed by atoms with Crippen molar-refractivity contribution >= 4 is 11.8 Å². The van der Waals surface area contributed by atoms with Crippen molar-refractivity contribution < 1.29 is 9.59 Å². The zero-order valence-corrected chi connectivity index (χ0v) is 16.6. The van der Waals surface area contributed by atoms with Crippen molar-refractivity contribution in [2.45, 2.75) is 57.2 Å². The van der Waals surface area contributed by atoms with Crippen LogP contribution < -0.4 is 11.1 Å². The van der Waals surface area contributed by atoms with Crippen LogP contribution in [0.2, 0.25) is 0 Å². The molecule has 0 radical (unpaired) electrons. The second-order valence-corrected chi connectivity index (χ2v) is 8.69. The van der Waals surface area contributed by atoms with Gasteiger partial charge < -0.3 is 11.1 Å². The monoisotopic (exact) mass is 384 g/mol. The maximum atomic E-state index is 12.4. The van der Waals surface area contributed by atoms with E-state index in [1.54, 1.807) is 0 Å². The predicted molar refractivity (Wildman–Crippen MR) is 109 cm³/mol. The van der Waals surface area contributed by atoms with Gasteiger partial charge in [-0.2, -0.15) is 0 Å². The third kappa shape index (κ3) is 4.92. The Kier molecular flexibility index (Phi) is 5.97. The molecule has 152 valence electrons. The first kappa shape index (κ1) is 19.4. The van der Waals surface area contributed by atoms with Crippen LogP contribution in [-0.4, -0.2) is 59.9 Å². The van der Waals surface area contributed by atoms with Gasteiger partial charge in [0.1, 0.15) is 0 Å². The Balaban J connectivity index is 1.24. The maximum Gasteiger partial charge on any atom is 0.248 e. The van der Waals surface area contributed by atoms with Gasteiger partial charge in [-0.25, -0.2) is 0 Å². The highest BCUT2D eigenvalue weighted by Gasteiger charge is 2.33. The standard InChI is InChI=1S/C22H32N4O2/c23-21(27)17-5-3-16(4-6-17)14-25-12-9-20(10-13-25)26-11-1-2-18(15-26)22(28)24-19-7-8-19/h3-6,18-20H,1-2,7-15H2,(H2,23,27)(H,24,28)/t18-/m1/s1. The summed E-state index contributed by atoms with van der Waals surface area (Å²) < 4.78 is 0. The van der Waals surface area contributed by atoms with Gasteiger partial charge in [0.05, 0.1) is 5.92 Å². The number of nitrogens with two attached hydrogens (primary N) is 1. The van der Waals surface area contributed by atoms with Crippen LogP contribution in [0.5, 0.6) is 0 Å². The Morgan fingerprint density at radius 2 is 1.71 bits per heavy atom. The van der Waals surface area contributed by atoms with Crippen LogP contribution in [0.3, 0.4) is 0 Å². The lowest BCUT2D eigenvalue weighted by Gasteiger charge is -2.42. The SMILES string of the molecule is NC(=O)c1ccc(CN2CCC(N3CCC[C@@H](C(=O)NC4CC4)C3)CC2)cc1. The third-order valence-electron chi connectivity index (χ3n) is 6.47. The Hall–Kier alpha value is -1.92. The highest BCUT2D eigenvalue weighted by atomic mass is 16.2. The van der Waals surface area contributed by atoms with Crippen LogP contribution >= 0.6 is 0 Å². The molecule has 2 aliphatic heterocycles. The molecule has 1 atom stereocenters. The molecule has 2 amide bonds. The minimum Gasteiger partial charge on any atom is -0.366 e. The van der Waals surface area contributed by atoms with Crippen molar-refractivity contribution in [3.63, 3.8) is 0 Å². The van der Waals surface area contributed by atoms with Crippen molar-refractivity contribution in [1.29, 1.82) is 0 Å². The van der Waals surface area contributed by atoms with Gasteiger partial charge in [0.2, 0.25) is 11.8 Å². The molecular weight excluding hydrogens is 352 g/mol. The number of likely N-dealkylation sites (tertiary alicyclic amines) is 2. The molecule has 3 fully saturated rings. The van der Waals surface area contributed by atoms with Crippen LogP contribution in [0.1, 0.15) is 54.4 Å². The molecule has 2 saturated heterocycles. The van der Waals surface area contributed by atoms with E-state index < -0.39 is 0 Å². The van der Waals surface area contributed by atoms with Gasteiger partial charge >= 0.3 is 0 Å². The second-order valence-electron chi connectivity index (χ2n) is 8.69. The van der Waals surface area contributed by atoms with E-state index in [1.807, 2.05) is 24.3 Å². The summed E-state index contributed by atoms with van der Waals surface area (Å²) in [6.45, 7) is 5.14. The van der Waals surface area contributed by atoms with Crippen LogP contribution in [-0.2, 0) is 11.3 Å². The lowest BCUT2D eigenvalue weighted by molar-refractivity contribution is -0.127. The molecule has 1 aromatic rings.